The van der Waals surface area contributed by atoms with Gasteiger partial charge in [0.05, 0.1) is 6.10 Å². The van der Waals surface area contributed by atoms with E-state index in [1.807, 2.05) is 24.3 Å². The molecule has 1 aromatic carbocycles. The fourth-order valence-electron chi connectivity index (χ4n) is 1.10. The van der Waals surface area contributed by atoms with Gasteiger partial charge in [-0.1, -0.05) is 28.9 Å². The van der Waals surface area contributed by atoms with Gasteiger partial charge in [-0.3, -0.25) is 0 Å². The monoisotopic (exact) mass is 258 g/mol. The first-order valence-electron chi connectivity index (χ1n) is 4.67. The van der Waals surface area contributed by atoms with Crippen LogP contribution in [0, 0.1) is 0 Å². The van der Waals surface area contributed by atoms with Gasteiger partial charge in [-0.05, 0) is 24.6 Å². The molecule has 0 amide bonds. The number of benzene rings is 1. The summed E-state index contributed by atoms with van der Waals surface area (Å²) in [4.78, 5) is 0. The largest absolute Gasteiger partial charge is 0.491 e. The summed E-state index contributed by atoms with van der Waals surface area (Å²) in [6.07, 6.45) is 1.14. The molecule has 3 heteroatoms. The van der Waals surface area contributed by atoms with Crippen LogP contribution in [-0.2, 0) is 4.74 Å². The highest BCUT2D eigenvalue weighted by Gasteiger charge is 2.04. The minimum atomic E-state index is 0.175. The molecule has 0 fully saturated rings. The highest BCUT2D eigenvalue weighted by molar-refractivity contribution is 9.10. The summed E-state index contributed by atoms with van der Waals surface area (Å²) in [6.45, 7) is 2.68. The van der Waals surface area contributed by atoms with E-state index in [4.69, 9.17) is 9.47 Å². The third-order valence-corrected chi connectivity index (χ3v) is 2.51. The Hall–Kier alpha value is -0.540. The molecule has 0 aliphatic rings. The second kappa shape index (κ2) is 6.04. The van der Waals surface area contributed by atoms with E-state index in [1.165, 1.54) is 0 Å². The topological polar surface area (TPSA) is 18.5 Å². The zero-order chi connectivity index (χ0) is 10.4. The van der Waals surface area contributed by atoms with Gasteiger partial charge in [0.25, 0.3) is 0 Å². The molecule has 0 heterocycles. The third kappa shape index (κ3) is 3.68. The predicted molar refractivity (Wildman–Crippen MR) is 60.7 cm³/mol. The molecule has 1 atom stereocenters. The number of hydrogen-bond donors (Lipinski definition) is 0. The third-order valence-electron chi connectivity index (χ3n) is 2.02. The molecule has 0 aliphatic carbocycles. The van der Waals surface area contributed by atoms with Crippen LogP contribution in [0.15, 0.2) is 28.7 Å². The maximum atomic E-state index is 5.58. The molecule has 1 rings (SSSR count). The van der Waals surface area contributed by atoms with E-state index in [0.29, 0.717) is 6.61 Å². The van der Waals surface area contributed by atoms with Crippen LogP contribution in [0.3, 0.4) is 0 Å². The van der Waals surface area contributed by atoms with Gasteiger partial charge in [-0.25, -0.2) is 0 Å². The normalized spacial score (nSPS) is 12.5. The van der Waals surface area contributed by atoms with Gasteiger partial charge in [-0.15, -0.1) is 0 Å². The van der Waals surface area contributed by atoms with Crippen molar-refractivity contribution in [1.29, 1.82) is 0 Å². The van der Waals surface area contributed by atoms with Crippen LogP contribution in [0.1, 0.15) is 13.3 Å². The van der Waals surface area contributed by atoms with Crippen molar-refractivity contribution in [3.05, 3.63) is 28.7 Å². The lowest BCUT2D eigenvalue weighted by Gasteiger charge is -2.14. The molecule has 0 saturated heterocycles. The van der Waals surface area contributed by atoms with Crippen molar-refractivity contribution < 1.29 is 9.47 Å². The van der Waals surface area contributed by atoms with Crippen LogP contribution < -0.4 is 4.74 Å². The molecule has 1 aromatic rings. The van der Waals surface area contributed by atoms with Gasteiger partial charge >= 0.3 is 0 Å². The Kier molecular flexibility index (Phi) is 4.98. The van der Waals surface area contributed by atoms with Crippen LogP contribution in [0.5, 0.6) is 5.75 Å². The van der Waals surface area contributed by atoms with E-state index in [0.717, 1.165) is 16.6 Å². The standard InChI is InChI=1S/C11H15BrO2/c1-3-10(13-2)8-14-11-6-4-5-9(12)7-11/h4-7,10H,3,8H2,1-2H3. The molecule has 0 saturated carbocycles. The van der Waals surface area contributed by atoms with Crippen LogP contribution in [0.4, 0.5) is 0 Å². The summed E-state index contributed by atoms with van der Waals surface area (Å²) in [5, 5.41) is 0. The summed E-state index contributed by atoms with van der Waals surface area (Å²) in [5.41, 5.74) is 0. The molecule has 78 valence electrons. The van der Waals surface area contributed by atoms with Gasteiger partial charge in [0.2, 0.25) is 0 Å². The van der Waals surface area contributed by atoms with Gasteiger partial charge in [0.15, 0.2) is 0 Å². The van der Waals surface area contributed by atoms with Gasteiger partial charge in [-0.2, -0.15) is 0 Å². The summed E-state index contributed by atoms with van der Waals surface area (Å²) in [6, 6.07) is 7.81. The van der Waals surface area contributed by atoms with Crippen LogP contribution in [0.2, 0.25) is 0 Å². The van der Waals surface area contributed by atoms with E-state index in [-0.39, 0.29) is 6.10 Å². The Bertz CT molecular complexity index is 272. The quantitative estimate of drug-likeness (QED) is 0.808. The van der Waals surface area contributed by atoms with E-state index in [9.17, 15) is 0 Å². The van der Waals surface area contributed by atoms with Crippen molar-refractivity contribution in [3.63, 3.8) is 0 Å². The lowest BCUT2D eigenvalue weighted by molar-refractivity contribution is 0.0556. The molecule has 0 aromatic heterocycles. The minimum absolute atomic E-state index is 0.175. The molecular weight excluding hydrogens is 244 g/mol. The van der Waals surface area contributed by atoms with Crippen LogP contribution >= 0.6 is 15.9 Å². The molecule has 0 N–H and O–H groups in total. The summed E-state index contributed by atoms with van der Waals surface area (Å²) in [5.74, 6) is 0.870. The highest BCUT2D eigenvalue weighted by Crippen LogP contribution is 2.18. The van der Waals surface area contributed by atoms with Crippen molar-refractivity contribution in [2.75, 3.05) is 13.7 Å². The van der Waals surface area contributed by atoms with Gasteiger partial charge in [0, 0.05) is 11.6 Å². The second-order valence-corrected chi connectivity index (χ2v) is 3.95. The van der Waals surface area contributed by atoms with Crippen molar-refractivity contribution in [2.24, 2.45) is 0 Å². The Morgan fingerprint density at radius 1 is 1.43 bits per heavy atom. The van der Waals surface area contributed by atoms with Gasteiger partial charge < -0.3 is 9.47 Å². The average molecular weight is 259 g/mol. The molecule has 14 heavy (non-hydrogen) atoms. The maximum absolute atomic E-state index is 5.58. The Labute approximate surface area is 93.4 Å². The van der Waals surface area contributed by atoms with E-state index in [2.05, 4.69) is 22.9 Å². The lowest BCUT2D eigenvalue weighted by atomic mass is 10.3. The van der Waals surface area contributed by atoms with Crippen LogP contribution in [0.25, 0.3) is 0 Å². The number of ether oxygens (including phenoxy) is 2. The first-order chi connectivity index (χ1) is 6.76. The zero-order valence-corrected chi connectivity index (χ0v) is 10.1. The van der Waals surface area contributed by atoms with E-state index < -0.39 is 0 Å². The molecule has 2 nitrogen and oxygen atoms in total. The van der Waals surface area contributed by atoms with Crippen molar-refractivity contribution in [2.45, 2.75) is 19.4 Å². The molecule has 0 aliphatic heterocycles. The van der Waals surface area contributed by atoms with E-state index >= 15 is 0 Å². The highest BCUT2D eigenvalue weighted by atomic mass is 79.9. The van der Waals surface area contributed by atoms with Gasteiger partial charge in [0.1, 0.15) is 12.4 Å². The van der Waals surface area contributed by atoms with Crippen molar-refractivity contribution in [1.82, 2.24) is 0 Å². The van der Waals surface area contributed by atoms with Crippen molar-refractivity contribution >= 4 is 15.9 Å². The van der Waals surface area contributed by atoms with Crippen molar-refractivity contribution in [3.8, 4) is 5.75 Å². The lowest BCUT2D eigenvalue weighted by Crippen LogP contribution is -2.18. The fourth-order valence-corrected chi connectivity index (χ4v) is 1.48. The summed E-state index contributed by atoms with van der Waals surface area (Å²) >= 11 is 3.39. The Morgan fingerprint density at radius 2 is 2.21 bits per heavy atom. The minimum Gasteiger partial charge on any atom is -0.491 e. The molecule has 0 bridgehead atoms. The average Bonchev–Trinajstić information content (AvgIpc) is 2.19. The second-order valence-electron chi connectivity index (χ2n) is 3.03. The number of methoxy groups -OCH3 is 1. The smallest absolute Gasteiger partial charge is 0.120 e. The molecular formula is C11H15BrO2. The number of rotatable bonds is 5. The first kappa shape index (κ1) is 11.5. The first-order valence-corrected chi connectivity index (χ1v) is 5.46. The number of halogens is 1. The van der Waals surface area contributed by atoms with E-state index in [1.54, 1.807) is 7.11 Å². The fraction of sp³-hybridized carbons (Fsp3) is 0.455. The summed E-state index contributed by atoms with van der Waals surface area (Å²) < 4.78 is 11.8. The van der Waals surface area contributed by atoms with Crippen LogP contribution in [-0.4, -0.2) is 19.8 Å². The Balaban J connectivity index is 2.44. The zero-order valence-electron chi connectivity index (χ0n) is 8.50. The molecule has 1 unspecified atom stereocenters. The Morgan fingerprint density at radius 3 is 2.79 bits per heavy atom. The maximum Gasteiger partial charge on any atom is 0.120 e. The predicted octanol–water partition coefficient (Wildman–Crippen LogP) is 3.25. The molecule has 0 radical (unpaired) electrons. The number of hydrogen-bond acceptors (Lipinski definition) is 2. The summed E-state index contributed by atoms with van der Waals surface area (Å²) in [7, 11) is 1.71. The molecule has 0 spiro atoms. The SMILES string of the molecule is CCC(COc1cccc(Br)c1)OC.